The fourth-order valence-electron chi connectivity index (χ4n) is 2.49. The molecule has 4 rings (SSSR count). The van der Waals surface area contributed by atoms with Crippen LogP contribution in [0.5, 0.6) is 0 Å². The van der Waals surface area contributed by atoms with Crippen molar-refractivity contribution in [2.45, 2.75) is 6.10 Å². The number of aliphatic hydroxyl groups is 2. The maximum atomic E-state index is 9.41. The number of benzene rings is 1. The Kier molecular flexibility index (Phi) is 8.27. The number of anilines is 3. The highest BCUT2D eigenvalue weighted by Crippen LogP contribution is 2.34. The van der Waals surface area contributed by atoms with Gasteiger partial charge in [-0.3, -0.25) is 9.89 Å². The van der Waals surface area contributed by atoms with E-state index in [1.165, 1.54) is 11.3 Å². The van der Waals surface area contributed by atoms with Crippen molar-refractivity contribution in [1.82, 2.24) is 25.4 Å². The third-order valence-corrected chi connectivity index (χ3v) is 5.35. The summed E-state index contributed by atoms with van der Waals surface area (Å²) in [5, 5.41) is 41.0. The van der Waals surface area contributed by atoms with Gasteiger partial charge >= 0.3 is 0 Å². The Hall–Kier alpha value is -3.32. The number of aromatic nitrogens is 5. The number of aromatic amines is 1. The molecule has 3 heterocycles. The molecule has 1 unspecified atom stereocenters. The Morgan fingerprint density at radius 1 is 1.34 bits per heavy atom. The molecule has 1 atom stereocenters. The van der Waals surface area contributed by atoms with Crippen molar-refractivity contribution in [1.29, 1.82) is 0 Å². The van der Waals surface area contributed by atoms with E-state index in [1.54, 1.807) is 12.4 Å². The smallest absolute Gasteiger partial charge is 0.293 e. The first-order chi connectivity index (χ1) is 15.5. The molecule has 1 aromatic carbocycles. The highest BCUT2D eigenvalue weighted by Gasteiger charge is 2.11. The molecule has 13 heteroatoms. The van der Waals surface area contributed by atoms with E-state index < -0.39 is 6.10 Å². The SMILES string of the molecule is CNc1cc(-c2nnc(Nc3ccc4[nH]ncc4c3Cl)s2)ccn1.O=COCC(O)CO. The van der Waals surface area contributed by atoms with E-state index in [-0.39, 0.29) is 19.7 Å². The summed E-state index contributed by atoms with van der Waals surface area (Å²) in [6.45, 7) is -0.299. The van der Waals surface area contributed by atoms with Gasteiger partial charge in [-0.25, -0.2) is 4.98 Å². The van der Waals surface area contributed by atoms with Crippen LogP contribution in [0.15, 0.2) is 36.7 Å². The molecular weight excluding hydrogens is 458 g/mol. The molecule has 0 amide bonds. The van der Waals surface area contributed by atoms with Gasteiger partial charge in [0.05, 0.1) is 29.0 Å². The van der Waals surface area contributed by atoms with Crippen LogP contribution in [0.1, 0.15) is 0 Å². The summed E-state index contributed by atoms with van der Waals surface area (Å²) >= 11 is 7.86. The molecule has 11 nitrogen and oxygen atoms in total. The zero-order valence-electron chi connectivity index (χ0n) is 16.8. The van der Waals surface area contributed by atoms with Gasteiger partial charge in [0.2, 0.25) is 5.13 Å². The highest BCUT2D eigenvalue weighted by atomic mass is 35.5. The van der Waals surface area contributed by atoms with Crippen molar-refractivity contribution < 1.29 is 19.7 Å². The van der Waals surface area contributed by atoms with Crippen LogP contribution in [0.25, 0.3) is 21.5 Å². The number of rotatable bonds is 8. The van der Waals surface area contributed by atoms with Gasteiger partial charge in [0.25, 0.3) is 6.47 Å². The number of ether oxygens (including phenoxy) is 1. The number of pyridine rings is 1. The number of halogens is 1. The summed E-state index contributed by atoms with van der Waals surface area (Å²) in [6, 6.07) is 7.63. The number of nitrogens with zero attached hydrogens (tertiary/aromatic N) is 4. The topological polar surface area (TPSA) is 158 Å². The van der Waals surface area contributed by atoms with Crippen molar-refractivity contribution >= 4 is 56.9 Å². The van der Waals surface area contributed by atoms with E-state index in [0.29, 0.717) is 10.2 Å². The lowest BCUT2D eigenvalue weighted by molar-refractivity contribution is -0.132. The maximum absolute atomic E-state index is 9.41. The van der Waals surface area contributed by atoms with E-state index in [2.05, 4.69) is 40.7 Å². The fourth-order valence-corrected chi connectivity index (χ4v) is 3.50. The van der Waals surface area contributed by atoms with Crippen molar-refractivity contribution in [3.8, 4) is 10.6 Å². The summed E-state index contributed by atoms with van der Waals surface area (Å²) in [6.07, 6.45) is 2.49. The van der Waals surface area contributed by atoms with Gasteiger partial charge in [-0.05, 0) is 24.3 Å². The highest BCUT2D eigenvalue weighted by molar-refractivity contribution is 7.18. The second-order valence-corrected chi connectivity index (χ2v) is 7.60. The van der Waals surface area contributed by atoms with Gasteiger partial charge in [-0.1, -0.05) is 22.9 Å². The second-order valence-electron chi connectivity index (χ2n) is 6.24. The minimum Gasteiger partial charge on any atom is -0.465 e. The number of carbonyl (C=O) groups excluding carboxylic acids is 1. The Morgan fingerprint density at radius 3 is 2.94 bits per heavy atom. The third kappa shape index (κ3) is 5.88. The van der Waals surface area contributed by atoms with E-state index in [9.17, 15) is 4.79 Å². The molecule has 0 bridgehead atoms. The molecule has 0 saturated carbocycles. The summed E-state index contributed by atoms with van der Waals surface area (Å²) in [4.78, 5) is 13.6. The van der Waals surface area contributed by atoms with Crippen LogP contribution in [0.2, 0.25) is 5.02 Å². The molecule has 32 heavy (non-hydrogen) atoms. The number of carbonyl (C=O) groups is 1. The molecule has 5 N–H and O–H groups in total. The van der Waals surface area contributed by atoms with Crippen LogP contribution in [0.4, 0.5) is 16.6 Å². The minimum atomic E-state index is -0.944. The summed E-state index contributed by atoms with van der Waals surface area (Å²) in [5.41, 5.74) is 2.61. The van der Waals surface area contributed by atoms with Gasteiger partial charge < -0.3 is 25.6 Å². The molecule has 3 aromatic heterocycles. The molecule has 0 saturated heterocycles. The summed E-state index contributed by atoms with van der Waals surface area (Å²) < 4.78 is 4.10. The van der Waals surface area contributed by atoms with E-state index in [4.69, 9.17) is 21.8 Å². The van der Waals surface area contributed by atoms with Crippen LogP contribution in [0, 0.1) is 0 Å². The molecule has 0 radical (unpaired) electrons. The molecule has 4 aromatic rings. The van der Waals surface area contributed by atoms with Crippen molar-refractivity contribution in [2.75, 3.05) is 30.9 Å². The Bertz CT molecular complexity index is 1170. The van der Waals surface area contributed by atoms with E-state index >= 15 is 0 Å². The predicted octanol–water partition coefficient (Wildman–Crippen LogP) is 2.43. The van der Waals surface area contributed by atoms with Crippen molar-refractivity contribution in [3.05, 3.63) is 41.7 Å². The Labute approximate surface area is 191 Å². The monoisotopic (exact) mass is 477 g/mol. The van der Waals surface area contributed by atoms with Gasteiger partial charge in [0, 0.05) is 24.2 Å². The van der Waals surface area contributed by atoms with Crippen LogP contribution in [-0.4, -0.2) is 68.4 Å². The van der Waals surface area contributed by atoms with Crippen LogP contribution < -0.4 is 10.6 Å². The lowest BCUT2D eigenvalue weighted by atomic mass is 10.2. The first kappa shape index (κ1) is 23.3. The number of aliphatic hydroxyl groups excluding tert-OH is 2. The normalized spacial score (nSPS) is 11.4. The molecule has 0 aliphatic carbocycles. The summed E-state index contributed by atoms with van der Waals surface area (Å²) in [5.74, 6) is 0.783. The van der Waals surface area contributed by atoms with E-state index in [0.717, 1.165) is 33.0 Å². The van der Waals surface area contributed by atoms with Crippen molar-refractivity contribution in [2.24, 2.45) is 0 Å². The van der Waals surface area contributed by atoms with Gasteiger partial charge in [-0.15, -0.1) is 10.2 Å². The average Bonchev–Trinajstić information content (AvgIpc) is 3.50. The number of hydrogen-bond donors (Lipinski definition) is 5. The second kappa shape index (κ2) is 11.3. The first-order valence-corrected chi connectivity index (χ1v) is 10.5. The molecule has 168 valence electrons. The largest absolute Gasteiger partial charge is 0.465 e. The average molecular weight is 478 g/mol. The number of H-pyrrole nitrogens is 1. The quantitative estimate of drug-likeness (QED) is 0.238. The van der Waals surface area contributed by atoms with Crippen LogP contribution in [-0.2, 0) is 9.53 Å². The Morgan fingerprint density at radius 2 is 2.19 bits per heavy atom. The molecular formula is C19H20ClN7O4S. The van der Waals surface area contributed by atoms with E-state index in [1.807, 2.05) is 31.3 Å². The van der Waals surface area contributed by atoms with Crippen LogP contribution in [0.3, 0.4) is 0 Å². The standard InChI is InChI=1S/C15H12ClN7S.C4H8O4/c1-17-12-6-8(4-5-18-12)14-22-23-15(24-14)20-11-3-2-10-9(13(11)16)7-19-21-10;5-1-4(7)2-8-3-6/h2-7H,1H3,(H,17,18)(H,19,21)(H,20,23);3-5,7H,1-2H2. The van der Waals surface area contributed by atoms with Gasteiger partial charge in [0.1, 0.15) is 23.5 Å². The summed E-state index contributed by atoms with van der Waals surface area (Å²) in [7, 11) is 1.83. The molecule has 0 aliphatic heterocycles. The number of hydrogen-bond acceptors (Lipinski definition) is 11. The first-order valence-electron chi connectivity index (χ1n) is 9.26. The Balaban J connectivity index is 0.000000312. The van der Waals surface area contributed by atoms with Crippen LogP contribution >= 0.6 is 22.9 Å². The molecule has 0 fully saturated rings. The molecule has 0 aliphatic rings. The maximum Gasteiger partial charge on any atom is 0.293 e. The zero-order chi connectivity index (χ0) is 22.9. The predicted molar refractivity (Wildman–Crippen MR) is 122 cm³/mol. The number of fused-ring (bicyclic) bond motifs is 1. The zero-order valence-corrected chi connectivity index (χ0v) is 18.4. The lowest BCUT2D eigenvalue weighted by Gasteiger charge is -2.05. The van der Waals surface area contributed by atoms with Gasteiger partial charge in [-0.2, -0.15) is 5.10 Å². The molecule has 0 spiro atoms. The minimum absolute atomic E-state index is 0.139. The van der Waals surface area contributed by atoms with Crippen molar-refractivity contribution in [3.63, 3.8) is 0 Å². The fraction of sp³-hybridized carbons (Fsp3) is 0.211. The lowest BCUT2D eigenvalue weighted by Crippen LogP contribution is -2.18. The third-order valence-electron chi connectivity index (χ3n) is 4.06. The van der Waals surface area contributed by atoms with Gasteiger partial charge in [0.15, 0.2) is 0 Å². The number of nitrogens with one attached hydrogen (secondary N) is 3.